The van der Waals surface area contributed by atoms with Crippen molar-refractivity contribution >= 4 is 50.1 Å². The molecule has 1 aromatic carbocycles. The van der Waals surface area contributed by atoms with Crippen LogP contribution in [0.15, 0.2) is 29.3 Å². The molecule has 12 heteroatoms. The highest BCUT2D eigenvalue weighted by molar-refractivity contribution is 7.89. The van der Waals surface area contributed by atoms with Crippen molar-refractivity contribution in [2.75, 3.05) is 50.6 Å². The minimum Gasteiger partial charge on any atom is -0.495 e. The van der Waals surface area contributed by atoms with Gasteiger partial charge in [-0.2, -0.15) is 14.3 Å². The van der Waals surface area contributed by atoms with Gasteiger partial charge in [-0.05, 0) is 18.6 Å². The number of nitrogens with one attached hydrogen (secondary N) is 3. The van der Waals surface area contributed by atoms with Gasteiger partial charge in [-0.15, -0.1) is 0 Å². The number of ether oxygens (including phenoxy) is 2. The molecule has 0 amide bonds. The summed E-state index contributed by atoms with van der Waals surface area (Å²) < 4.78 is 38.1. The maximum atomic E-state index is 13.0. The largest absolute Gasteiger partial charge is 0.495 e. The maximum Gasteiger partial charge on any atom is 0.243 e. The summed E-state index contributed by atoms with van der Waals surface area (Å²) in [4.78, 5) is 12.2. The third-order valence-corrected chi connectivity index (χ3v) is 7.25. The molecule has 1 saturated heterocycles. The highest BCUT2D eigenvalue weighted by Gasteiger charge is 2.27. The standard InChI is InChI=1S/C20H25ClN6O4S/c1-3-6-22-18-17-14(21)12-23-19(17)26-20(25-18)24-15-5-4-13(11-16(15)30-2)32(28,29)27-7-9-31-10-8-27/h4-5,11-12H,3,6-10H2,1-2H3,(H3,22,23,24,25,26). The molecule has 172 valence electrons. The van der Waals surface area contributed by atoms with E-state index < -0.39 is 10.0 Å². The van der Waals surface area contributed by atoms with Gasteiger partial charge in [-0.1, -0.05) is 18.5 Å². The van der Waals surface area contributed by atoms with E-state index in [9.17, 15) is 8.42 Å². The number of H-pyrrole nitrogens is 1. The first-order valence-electron chi connectivity index (χ1n) is 10.3. The van der Waals surface area contributed by atoms with Crippen LogP contribution in [0.4, 0.5) is 17.5 Å². The van der Waals surface area contributed by atoms with Crippen LogP contribution < -0.4 is 15.4 Å². The molecule has 0 radical (unpaired) electrons. The number of hydrogen-bond donors (Lipinski definition) is 3. The normalized spacial score (nSPS) is 15.1. The SMILES string of the molecule is CCCNc1nc(Nc2ccc(S(=O)(=O)N3CCOCC3)cc2OC)nc2[nH]cc(Cl)c12. The van der Waals surface area contributed by atoms with Gasteiger partial charge in [0.2, 0.25) is 16.0 Å². The lowest BCUT2D eigenvalue weighted by molar-refractivity contribution is 0.0730. The fourth-order valence-corrected chi connectivity index (χ4v) is 5.07. The minimum atomic E-state index is -3.64. The highest BCUT2D eigenvalue weighted by atomic mass is 35.5. The van der Waals surface area contributed by atoms with Gasteiger partial charge in [0.25, 0.3) is 0 Å². The van der Waals surface area contributed by atoms with Crippen LogP contribution in [-0.4, -0.2) is 67.6 Å². The van der Waals surface area contributed by atoms with Gasteiger partial charge in [0.15, 0.2) is 0 Å². The zero-order valence-corrected chi connectivity index (χ0v) is 19.4. The van der Waals surface area contributed by atoms with Gasteiger partial charge < -0.3 is 25.1 Å². The van der Waals surface area contributed by atoms with Crippen LogP contribution in [0.3, 0.4) is 0 Å². The Kier molecular flexibility index (Phi) is 6.70. The third kappa shape index (κ3) is 4.46. The number of nitrogens with zero attached hydrogens (tertiary/aromatic N) is 3. The van der Waals surface area contributed by atoms with Crippen molar-refractivity contribution in [1.82, 2.24) is 19.3 Å². The van der Waals surface area contributed by atoms with E-state index in [1.54, 1.807) is 12.3 Å². The second-order valence-electron chi connectivity index (χ2n) is 7.19. The number of aromatic amines is 1. The molecule has 0 unspecified atom stereocenters. The monoisotopic (exact) mass is 480 g/mol. The Morgan fingerprint density at radius 2 is 2.06 bits per heavy atom. The van der Waals surface area contributed by atoms with Gasteiger partial charge >= 0.3 is 0 Å². The molecule has 2 aromatic heterocycles. The quantitative estimate of drug-likeness (QED) is 0.449. The number of halogens is 1. The van der Waals surface area contributed by atoms with E-state index in [1.807, 2.05) is 0 Å². The first kappa shape index (κ1) is 22.6. The number of sulfonamides is 1. The second-order valence-corrected chi connectivity index (χ2v) is 9.53. The van der Waals surface area contributed by atoms with E-state index in [0.29, 0.717) is 65.6 Å². The summed E-state index contributed by atoms with van der Waals surface area (Å²) >= 11 is 6.28. The van der Waals surface area contributed by atoms with Crippen molar-refractivity contribution in [3.8, 4) is 5.75 Å². The zero-order chi connectivity index (χ0) is 22.7. The van der Waals surface area contributed by atoms with Crippen LogP contribution in [0.1, 0.15) is 13.3 Å². The molecule has 1 aliphatic rings. The fraction of sp³-hybridized carbons (Fsp3) is 0.400. The Morgan fingerprint density at radius 1 is 1.28 bits per heavy atom. The maximum absolute atomic E-state index is 13.0. The van der Waals surface area contributed by atoms with Crippen molar-refractivity contribution in [3.63, 3.8) is 0 Å². The number of aromatic nitrogens is 3. The lowest BCUT2D eigenvalue weighted by atomic mass is 10.3. The molecule has 0 spiro atoms. The highest BCUT2D eigenvalue weighted by Crippen LogP contribution is 2.33. The van der Waals surface area contributed by atoms with Gasteiger partial charge in [0, 0.05) is 31.9 Å². The third-order valence-electron chi connectivity index (χ3n) is 5.05. The Labute approximate surface area is 191 Å². The number of fused-ring (bicyclic) bond motifs is 1. The van der Waals surface area contributed by atoms with E-state index in [1.165, 1.54) is 23.5 Å². The summed E-state index contributed by atoms with van der Waals surface area (Å²) in [6, 6.07) is 4.67. The molecule has 10 nitrogen and oxygen atoms in total. The number of benzene rings is 1. The van der Waals surface area contributed by atoms with Crippen LogP contribution in [0.25, 0.3) is 11.0 Å². The molecule has 32 heavy (non-hydrogen) atoms. The second kappa shape index (κ2) is 9.49. The van der Waals surface area contributed by atoms with Crippen molar-refractivity contribution in [1.29, 1.82) is 0 Å². The van der Waals surface area contributed by atoms with Crippen molar-refractivity contribution in [2.45, 2.75) is 18.2 Å². The Hall–Kier alpha value is -2.60. The lowest BCUT2D eigenvalue weighted by Gasteiger charge is -2.26. The summed E-state index contributed by atoms with van der Waals surface area (Å²) in [6.07, 6.45) is 2.58. The zero-order valence-electron chi connectivity index (χ0n) is 17.8. The lowest BCUT2D eigenvalue weighted by Crippen LogP contribution is -2.40. The van der Waals surface area contributed by atoms with E-state index in [2.05, 4.69) is 32.5 Å². The molecular formula is C20H25ClN6O4S. The molecule has 0 atom stereocenters. The molecule has 3 heterocycles. The molecule has 0 aliphatic carbocycles. The van der Waals surface area contributed by atoms with Gasteiger partial charge in [0.05, 0.1) is 41.3 Å². The van der Waals surface area contributed by atoms with E-state index in [0.717, 1.165) is 13.0 Å². The topological polar surface area (TPSA) is 121 Å². The molecular weight excluding hydrogens is 456 g/mol. The first-order valence-corrected chi connectivity index (χ1v) is 12.1. The molecule has 1 aliphatic heterocycles. The van der Waals surface area contributed by atoms with E-state index >= 15 is 0 Å². The Balaban J connectivity index is 1.65. The van der Waals surface area contributed by atoms with Crippen molar-refractivity contribution in [3.05, 3.63) is 29.4 Å². The van der Waals surface area contributed by atoms with Gasteiger partial charge in [-0.3, -0.25) is 0 Å². The average Bonchev–Trinajstić information content (AvgIpc) is 3.19. The van der Waals surface area contributed by atoms with Crippen LogP contribution in [-0.2, 0) is 14.8 Å². The summed E-state index contributed by atoms with van der Waals surface area (Å²) in [5.74, 6) is 1.28. The van der Waals surface area contributed by atoms with Crippen molar-refractivity contribution in [2.24, 2.45) is 0 Å². The number of methoxy groups -OCH3 is 1. The van der Waals surface area contributed by atoms with Crippen LogP contribution in [0.5, 0.6) is 5.75 Å². The molecule has 3 aromatic rings. The number of anilines is 3. The fourth-order valence-electron chi connectivity index (χ4n) is 3.41. The summed E-state index contributed by atoms with van der Waals surface area (Å²) in [6.45, 7) is 4.20. The number of morpholine rings is 1. The summed E-state index contributed by atoms with van der Waals surface area (Å²) in [5.41, 5.74) is 1.11. The predicted molar refractivity (Wildman–Crippen MR) is 124 cm³/mol. The molecule has 0 saturated carbocycles. The number of rotatable bonds is 8. The van der Waals surface area contributed by atoms with Crippen molar-refractivity contribution < 1.29 is 17.9 Å². The minimum absolute atomic E-state index is 0.152. The van der Waals surface area contributed by atoms with Crippen LogP contribution in [0.2, 0.25) is 5.02 Å². The summed E-state index contributed by atoms with van der Waals surface area (Å²) in [5, 5.41) is 7.62. The molecule has 4 rings (SSSR count). The Morgan fingerprint density at radius 3 is 2.78 bits per heavy atom. The smallest absolute Gasteiger partial charge is 0.243 e. The van der Waals surface area contributed by atoms with Crippen LogP contribution >= 0.6 is 11.6 Å². The average molecular weight is 481 g/mol. The molecule has 0 bridgehead atoms. The van der Waals surface area contributed by atoms with Gasteiger partial charge in [-0.25, -0.2) is 8.42 Å². The first-order chi connectivity index (χ1) is 15.4. The molecule has 1 fully saturated rings. The van der Waals surface area contributed by atoms with E-state index in [4.69, 9.17) is 21.1 Å². The van der Waals surface area contributed by atoms with E-state index in [-0.39, 0.29) is 4.90 Å². The Bertz CT molecular complexity index is 1210. The van der Waals surface area contributed by atoms with Crippen LogP contribution in [0, 0.1) is 0 Å². The number of hydrogen-bond acceptors (Lipinski definition) is 8. The molecule has 3 N–H and O–H groups in total. The predicted octanol–water partition coefficient (Wildman–Crippen LogP) is 3.21. The van der Waals surface area contributed by atoms with Gasteiger partial charge in [0.1, 0.15) is 17.2 Å². The summed E-state index contributed by atoms with van der Waals surface area (Å²) in [7, 11) is -2.16.